The van der Waals surface area contributed by atoms with Crippen LogP contribution in [0.15, 0.2) is 54.6 Å². The third kappa shape index (κ3) is 5.75. The Morgan fingerprint density at radius 2 is 1.86 bits per heavy atom. The van der Waals surface area contributed by atoms with Gasteiger partial charge in [0.05, 0.1) is 6.54 Å². The Kier molecular flexibility index (Phi) is 5.91. The molecule has 2 aromatic carbocycles. The number of halogens is 1. The highest BCUT2D eigenvalue weighted by atomic mass is 35.5. The van der Waals surface area contributed by atoms with Crippen LogP contribution in [0.4, 0.5) is 4.79 Å². The summed E-state index contributed by atoms with van der Waals surface area (Å²) in [4.78, 5) is 11.6. The first-order chi connectivity index (χ1) is 10.2. The van der Waals surface area contributed by atoms with E-state index in [-0.39, 0.29) is 6.03 Å². The first-order valence-corrected chi connectivity index (χ1v) is 7.06. The van der Waals surface area contributed by atoms with E-state index in [0.29, 0.717) is 24.7 Å². The number of hydrogen-bond donors (Lipinski definition) is 2. The molecule has 0 aliphatic carbocycles. The van der Waals surface area contributed by atoms with Gasteiger partial charge in [-0.25, -0.2) is 4.79 Å². The van der Waals surface area contributed by atoms with Crippen LogP contribution in [0.25, 0.3) is 0 Å². The van der Waals surface area contributed by atoms with E-state index in [0.717, 1.165) is 11.3 Å². The SMILES string of the molecule is O=C(NCCOc1ccccc1)NCc1cccc(Cl)c1. The quantitative estimate of drug-likeness (QED) is 0.805. The average Bonchev–Trinajstić information content (AvgIpc) is 2.51. The predicted molar refractivity (Wildman–Crippen MR) is 83.6 cm³/mol. The van der Waals surface area contributed by atoms with Crippen LogP contribution in [0.1, 0.15) is 5.56 Å². The molecule has 0 bridgehead atoms. The molecular formula is C16H17ClN2O2. The van der Waals surface area contributed by atoms with Crippen molar-refractivity contribution in [2.24, 2.45) is 0 Å². The number of rotatable bonds is 6. The predicted octanol–water partition coefficient (Wildman–Crippen LogP) is 3.22. The van der Waals surface area contributed by atoms with Gasteiger partial charge in [0.2, 0.25) is 0 Å². The Morgan fingerprint density at radius 3 is 2.62 bits per heavy atom. The number of carbonyl (C=O) groups excluding carboxylic acids is 1. The van der Waals surface area contributed by atoms with E-state index >= 15 is 0 Å². The van der Waals surface area contributed by atoms with Crippen molar-refractivity contribution in [2.75, 3.05) is 13.2 Å². The first-order valence-electron chi connectivity index (χ1n) is 6.68. The summed E-state index contributed by atoms with van der Waals surface area (Å²) in [7, 11) is 0. The maximum atomic E-state index is 11.6. The van der Waals surface area contributed by atoms with Crippen molar-refractivity contribution in [1.82, 2.24) is 10.6 Å². The van der Waals surface area contributed by atoms with Crippen LogP contribution in [-0.2, 0) is 6.54 Å². The van der Waals surface area contributed by atoms with Crippen molar-refractivity contribution >= 4 is 17.6 Å². The van der Waals surface area contributed by atoms with Crippen molar-refractivity contribution < 1.29 is 9.53 Å². The molecule has 2 aromatic rings. The molecule has 0 atom stereocenters. The molecule has 0 saturated heterocycles. The van der Waals surface area contributed by atoms with Crippen LogP contribution in [0.3, 0.4) is 0 Å². The number of carbonyl (C=O) groups is 1. The van der Waals surface area contributed by atoms with Gasteiger partial charge < -0.3 is 15.4 Å². The lowest BCUT2D eigenvalue weighted by atomic mass is 10.2. The number of ether oxygens (including phenoxy) is 1. The second-order valence-electron chi connectivity index (χ2n) is 4.40. The van der Waals surface area contributed by atoms with Crippen molar-refractivity contribution in [3.05, 3.63) is 65.2 Å². The molecule has 4 nitrogen and oxygen atoms in total. The molecule has 2 N–H and O–H groups in total. The summed E-state index contributed by atoms with van der Waals surface area (Å²) in [5.41, 5.74) is 0.957. The largest absolute Gasteiger partial charge is 0.492 e. The van der Waals surface area contributed by atoms with Crippen molar-refractivity contribution in [3.8, 4) is 5.75 Å². The third-order valence-electron chi connectivity index (χ3n) is 2.74. The van der Waals surface area contributed by atoms with Gasteiger partial charge in [0.1, 0.15) is 12.4 Å². The van der Waals surface area contributed by atoms with Gasteiger partial charge in [-0.1, -0.05) is 41.9 Å². The summed E-state index contributed by atoms with van der Waals surface area (Å²) in [6.07, 6.45) is 0. The Balaban J connectivity index is 1.62. The number of urea groups is 1. The molecule has 0 aromatic heterocycles. The molecule has 2 rings (SSSR count). The third-order valence-corrected chi connectivity index (χ3v) is 2.98. The van der Waals surface area contributed by atoms with E-state index < -0.39 is 0 Å². The van der Waals surface area contributed by atoms with E-state index in [9.17, 15) is 4.79 Å². The summed E-state index contributed by atoms with van der Waals surface area (Å²) in [5.74, 6) is 0.790. The van der Waals surface area contributed by atoms with Crippen molar-refractivity contribution in [2.45, 2.75) is 6.54 Å². The molecule has 0 aliphatic heterocycles. The fourth-order valence-corrected chi connectivity index (χ4v) is 1.95. The van der Waals surface area contributed by atoms with Crippen LogP contribution in [0.2, 0.25) is 5.02 Å². The van der Waals surface area contributed by atoms with Gasteiger partial charge in [0.15, 0.2) is 0 Å². The molecule has 0 saturated carbocycles. The Morgan fingerprint density at radius 1 is 1.05 bits per heavy atom. The summed E-state index contributed by atoms with van der Waals surface area (Å²) < 4.78 is 5.47. The zero-order chi connectivity index (χ0) is 14.9. The van der Waals surface area contributed by atoms with E-state index in [1.807, 2.05) is 48.5 Å². The fraction of sp³-hybridized carbons (Fsp3) is 0.188. The average molecular weight is 305 g/mol. The molecule has 0 unspecified atom stereocenters. The second kappa shape index (κ2) is 8.17. The topological polar surface area (TPSA) is 50.4 Å². The summed E-state index contributed by atoms with van der Waals surface area (Å²) in [5, 5.41) is 6.15. The number of amides is 2. The van der Waals surface area contributed by atoms with Gasteiger partial charge in [-0.05, 0) is 29.8 Å². The smallest absolute Gasteiger partial charge is 0.315 e. The highest BCUT2D eigenvalue weighted by Gasteiger charge is 2.00. The van der Waals surface area contributed by atoms with E-state index in [4.69, 9.17) is 16.3 Å². The molecule has 21 heavy (non-hydrogen) atoms. The van der Waals surface area contributed by atoms with Gasteiger partial charge in [0, 0.05) is 11.6 Å². The normalized spacial score (nSPS) is 9.95. The minimum Gasteiger partial charge on any atom is -0.492 e. The first kappa shape index (κ1) is 15.2. The van der Waals surface area contributed by atoms with Crippen LogP contribution >= 0.6 is 11.6 Å². The lowest BCUT2D eigenvalue weighted by Gasteiger charge is -2.09. The second-order valence-corrected chi connectivity index (χ2v) is 4.84. The zero-order valence-electron chi connectivity index (χ0n) is 11.5. The molecule has 110 valence electrons. The van der Waals surface area contributed by atoms with Crippen LogP contribution in [-0.4, -0.2) is 19.2 Å². The molecule has 0 heterocycles. The van der Waals surface area contributed by atoms with Gasteiger partial charge in [-0.15, -0.1) is 0 Å². The highest BCUT2D eigenvalue weighted by Crippen LogP contribution is 2.10. The molecule has 5 heteroatoms. The van der Waals surface area contributed by atoms with E-state index in [2.05, 4.69) is 10.6 Å². The molecule has 2 amide bonds. The van der Waals surface area contributed by atoms with Gasteiger partial charge in [-0.3, -0.25) is 0 Å². The minimum atomic E-state index is -0.230. The number of benzene rings is 2. The van der Waals surface area contributed by atoms with Gasteiger partial charge in [-0.2, -0.15) is 0 Å². The van der Waals surface area contributed by atoms with Crippen molar-refractivity contribution in [3.63, 3.8) is 0 Å². The minimum absolute atomic E-state index is 0.230. The lowest BCUT2D eigenvalue weighted by Crippen LogP contribution is -2.37. The lowest BCUT2D eigenvalue weighted by molar-refractivity contribution is 0.236. The number of hydrogen-bond acceptors (Lipinski definition) is 2. The zero-order valence-corrected chi connectivity index (χ0v) is 12.3. The van der Waals surface area contributed by atoms with Crippen molar-refractivity contribution in [1.29, 1.82) is 0 Å². The molecule has 0 radical (unpaired) electrons. The highest BCUT2D eigenvalue weighted by molar-refractivity contribution is 6.30. The van der Waals surface area contributed by atoms with E-state index in [1.54, 1.807) is 6.07 Å². The fourth-order valence-electron chi connectivity index (χ4n) is 1.74. The Bertz CT molecular complexity index is 575. The summed E-state index contributed by atoms with van der Waals surface area (Å²) in [6, 6.07) is 16.6. The van der Waals surface area contributed by atoms with E-state index in [1.165, 1.54) is 0 Å². The van der Waals surface area contributed by atoms with Gasteiger partial charge >= 0.3 is 6.03 Å². The number of para-hydroxylation sites is 1. The van der Waals surface area contributed by atoms with Crippen LogP contribution < -0.4 is 15.4 Å². The Labute approximate surface area is 129 Å². The van der Waals surface area contributed by atoms with Gasteiger partial charge in [0.25, 0.3) is 0 Å². The Hall–Kier alpha value is -2.20. The standard InChI is InChI=1S/C16H17ClN2O2/c17-14-6-4-5-13(11-14)12-19-16(20)18-9-10-21-15-7-2-1-3-8-15/h1-8,11H,9-10,12H2,(H2,18,19,20). The maximum absolute atomic E-state index is 11.6. The molecule has 0 spiro atoms. The number of nitrogens with one attached hydrogen (secondary N) is 2. The molecule has 0 aliphatic rings. The molecule has 0 fully saturated rings. The summed E-state index contributed by atoms with van der Waals surface area (Å²) >= 11 is 5.88. The monoisotopic (exact) mass is 304 g/mol. The summed E-state index contributed by atoms with van der Waals surface area (Å²) in [6.45, 7) is 1.30. The van der Waals surface area contributed by atoms with Crippen LogP contribution in [0, 0.1) is 0 Å². The van der Waals surface area contributed by atoms with Crippen LogP contribution in [0.5, 0.6) is 5.75 Å². The maximum Gasteiger partial charge on any atom is 0.315 e. The molecular weight excluding hydrogens is 288 g/mol.